The maximum Gasteiger partial charge on any atom is 0.490 e. The highest BCUT2D eigenvalue weighted by atomic mass is 19.4. The van der Waals surface area contributed by atoms with E-state index in [4.69, 9.17) is 24.5 Å². The zero-order valence-corrected chi connectivity index (χ0v) is 15.6. The van der Waals surface area contributed by atoms with Crippen molar-refractivity contribution < 1.29 is 50.9 Å². The SMILES string of the molecule is COc1cccc(CN2C[C@@H]3C[C@H]2CN3)c1.O=C(O)C(F)(F)F.O=C(O)C(F)(F)F. The molecule has 30 heavy (non-hydrogen) atoms. The minimum Gasteiger partial charge on any atom is -0.497 e. The van der Waals surface area contributed by atoms with Crippen molar-refractivity contribution in [1.82, 2.24) is 10.2 Å². The predicted octanol–water partition coefficient (Wildman–Crippen LogP) is 2.51. The molecule has 170 valence electrons. The van der Waals surface area contributed by atoms with E-state index in [1.54, 1.807) is 7.11 Å². The van der Waals surface area contributed by atoms with Crippen molar-refractivity contribution in [2.75, 3.05) is 20.2 Å². The Morgan fingerprint density at radius 3 is 2.03 bits per heavy atom. The Balaban J connectivity index is 0.000000271. The van der Waals surface area contributed by atoms with Gasteiger partial charge in [0.05, 0.1) is 7.11 Å². The van der Waals surface area contributed by atoms with E-state index >= 15 is 0 Å². The molecular weight excluding hydrogens is 426 g/mol. The van der Waals surface area contributed by atoms with E-state index in [1.165, 1.54) is 18.5 Å². The molecule has 0 saturated carbocycles. The number of carbonyl (C=O) groups is 2. The Kier molecular flexibility index (Phi) is 8.90. The second-order valence-electron chi connectivity index (χ2n) is 6.38. The molecular formula is C17H20F6N2O5. The lowest BCUT2D eigenvalue weighted by Crippen LogP contribution is -2.42. The number of ether oxygens (including phenoxy) is 1. The smallest absolute Gasteiger partial charge is 0.490 e. The maximum absolute atomic E-state index is 10.6. The van der Waals surface area contributed by atoms with Gasteiger partial charge in [-0.3, -0.25) is 4.90 Å². The number of methoxy groups -OCH3 is 1. The van der Waals surface area contributed by atoms with Crippen LogP contribution in [0.3, 0.4) is 0 Å². The largest absolute Gasteiger partial charge is 0.497 e. The van der Waals surface area contributed by atoms with Crippen LogP contribution >= 0.6 is 0 Å². The molecule has 0 unspecified atom stereocenters. The molecule has 0 spiro atoms. The zero-order chi connectivity index (χ0) is 23.1. The van der Waals surface area contributed by atoms with Gasteiger partial charge in [0.25, 0.3) is 0 Å². The Morgan fingerprint density at radius 2 is 1.67 bits per heavy atom. The predicted molar refractivity (Wildman–Crippen MR) is 91.0 cm³/mol. The van der Waals surface area contributed by atoms with Gasteiger partial charge in [-0.2, -0.15) is 26.3 Å². The molecule has 3 rings (SSSR count). The van der Waals surface area contributed by atoms with Crippen molar-refractivity contribution >= 4 is 11.9 Å². The van der Waals surface area contributed by atoms with E-state index in [-0.39, 0.29) is 0 Å². The minimum atomic E-state index is -5.08. The van der Waals surface area contributed by atoms with Gasteiger partial charge in [0.1, 0.15) is 5.75 Å². The number of piperazine rings is 1. The number of halogens is 6. The summed E-state index contributed by atoms with van der Waals surface area (Å²) in [7, 11) is 1.72. The molecule has 2 heterocycles. The summed E-state index contributed by atoms with van der Waals surface area (Å²) in [4.78, 5) is 20.4. The molecule has 2 saturated heterocycles. The first kappa shape index (κ1) is 25.5. The number of fused-ring (bicyclic) bond motifs is 2. The number of hydrogen-bond donors (Lipinski definition) is 3. The summed E-state index contributed by atoms with van der Waals surface area (Å²) >= 11 is 0. The summed E-state index contributed by atoms with van der Waals surface area (Å²) < 4.78 is 68.7. The summed E-state index contributed by atoms with van der Waals surface area (Å²) in [5.41, 5.74) is 1.35. The van der Waals surface area contributed by atoms with Gasteiger partial charge in [0.2, 0.25) is 0 Å². The maximum atomic E-state index is 10.6. The number of likely N-dealkylation sites (tertiary alicyclic amines) is 1. The quantitative estimate of drug-likeness (QED) is 0.614. The third kappa shape index (κ3) is 8.45. The lowest BCUT2D eigenvalue weighted by molar-refractivity contribution is -0.193. The fraction of sp³-hybridized carbons (Fsp3) is 0.529. The van der Waals surface area contributed by atoms with Gasteiger partial charge in [0.15, 0.2) is 0 Å². The normalized spacial score (nSPS) is 20.5. The molecule has 0 radical (unpaired) electrons. The monoisotopic (exact) mass is 446 g/mol. The summed E-state index contributed by atoms with van der Waals surface area (Å²) in [5, 5.41) is 17.8. The standard InChI is InChI=1S/C13H18N2O.2C2HF3O2/c1-16-13-4-2-3-10(5-13)8-15-9-11-6-12(15)7-14-11;2*3-2(4,5)1(6)7/h2-5,11-12,14H,6-9H2,1H3;2*(H,6,7)/t11-,12-;;/m0../s1. The average Bonchev–Trinajstić information content (AvgIpc) is 3.24. The highest BCUT2D eigenvalue weighted by molar-refractivity contribution is 5.73. The highest BCUT2D eigenvalue weighted by Gasteiger charge is 2.39. The van der Waals surface area contributed by atoms with Gasteiger partial charge in [-0.25, -0.2) is 9.59 Å². The molecule has 2 atom stereocenters. The van der Waals surface area contributed by atoms with Crippen molar-refractivity contribution in [3.8, 4) is 5.75 Å². The van der Waals surface area contributed by atoms with Crippen LogP contribution in [-0.2, 0) is 16.1 Å². The van der Waals surface area contributed by atoms with Crippen LogP contribution in [0, 0.1) is 0 Å². The van der Waals surface area contributed by atoms with Crippen LogP contribution in [0.5, 0.6) is 5.75 Å². The molecule has 7 nitrogen and oxygen atoms in total. The second-order valence-corrected chi connectivity index (χ2v) is 6.38. The number of nitrogens with zero attached hydrogens (tertiary/aromatic N) is 1. The van der Waals surface area contributed by atoms with E-state index in [9.17, 15) is 26.3 Å². The number of rotatable bonds is 3. The molecule has 0 aromatic heterocycles. The third-order valence-electron chi connectivity index (χ3n) is 4.17. The van der Waals surface area contributed by atoms with Gasteiger partial charge >= 0.3 is 24.3 Å². The molecule has 2 aliphatic rings. The fourth-order valence-corrected chi connectivity index (χ4v) is 2.85. The first-order valence-electron chi connectivity index (χ1n) is 8.44. The summed E-state index contributed by atoms with van der Waals surface area (Å²) in [6.07, 6.45) is -8.84. The van der Waals surface area contributed by atoms with Crippen molar-refractivity contribution in [3.63, 3.8) is 0 Å². The van der Waals surface area contributed by atoms with Crippen molar-refractivity contribution in [1.29, 1.82) is 0 Å². The van der Waals surface area contributed by atoms with E-state index in [1.807, 2.05) is 6.07 Å². The Hall–Kier alpha value is -2.54. The van der Waals surface area contributed by atoms with Crippen molar-refractivity contribution in [2.45, 2.75) is 37.4 Å². The molecule has 0 amide bonds. The number of carboxylic acids is 2. The van der Waals surface area contributed by atoms with Crippen LogP contribution in [0.25, 0.3) is 0 Å². The number of nitrogens with one attached hydrogen (secondary N) is 1. The van der Waals surface area contributed by atoms with E-state index in [0.29, 0.717) is 0 Å². The molecule has 2 fully saturated rings. The van der Waals surface area contributed by atoms with E-state index in [0.717, 1.165) is 30.9 Å². The number of hydrogen-bond acceptors (Lipinski definition) is 5. The highest BCUT2D eigenvalue weighted by Crippen LogP contribution is 2.25. The van der Waals surface area contributed by atoms with E-state index in [2.05, 4.69) is 28.4 Å². The van der Waals surface area contributed by atoms with Crippen LogP contribution in [0.2, 0.25) is 0 Å². The summed E-state index contributed by atoms with van der Waals surface area (Å²) in [5.74, 6) is -4.56. The molecule has 1 aromatic carbocycles. The van der Waals surface area contributed by atoms with Gasteiger partial charge in [0, 0.05) is 31.7 Å². The van der Waals surface area contributed by atoms with Crippen LogP contribution in [0.1, 0.15) is 12.0 Å². The van der Waals surface area contributed by atoms with Gasteiger partial charge in [-0.05, 0) is 24.1 Å². The lowest BCUT2D eigenvalue weighted by atomic mass is 10.2. The first-order valence-corrected chi connectivity index (χ1v) is 8.44. The fourth-order valence-electron chi connectivity index (χ4n) is 2.85. The van der Waals surface area contributed by atoms with Gasteiger partial charge in [-0.15, -0.1) is 0 Å². The molecule has 3 N–H and O–H groups in total. The second kappa shape index (κ2) is 10.5. The van der Waals surface area contributed by atoms with Gasteiger partial charge < -0.3 is 20.3 Å². The molecule has 13 heteroatoms. The Labute approximate surface area is 167 Å². The summed E-state index contributed by atoms with van der Waals surface area (Å²) in [6, 6.07) is 9.87. The molecule has 2 aliphatic heterocycles. The number of aliphatic carboxylic acids is 2. The molecule has 0 aliphatic carbocycles. The Bertz CT molecular complexity index is 701. The average molecular weight is 446 g/mol. The van der Waals surface area contributed by atoms with Gasteiger partial charge in [-0.1, -0.05) is 12.1 Å². The summed E-state index contributed by atoms with van der Waals surface area (Å²) in [6.45, 7) is 3.41. The Morgan fingerprint density at radius 1 is 1.13 bits per heavy atom. The topological polar surface area (TPSA) is 99.1 Å². The van der Waals surface area contributed by atoms with E-state index < -0.39 is 24.3 Å². The number of alkyl halides is 6. The molecule has 2 bridgehead atoms. The van der Waals surface area contributed by atoms with Crippen LogP contribution in [-0.4, -0.2) is 71.7 Å². The van der Waals surface area contributed by atoms with Crippen molar-refractivity contribution in [3.05, 3.63) is 29.8 Å². The lowest BCUT2D eigenvalue weighted by Gasteiger charge is -2.27. The van der Waals surface area contributed by atoms with Crippen LogP contribution in [0.4, 0.5) is 26.3 Å². The first-order chi connectivity index (χ1) is 13.7. The van der Waals surface area contributed by atoms with Crippen LogP contribution in [0.15, 0.2) is 24.3 Å². The minimum absolute atomic E-state index is 0.732. The number of carboxylic acid groups (broad SMARTS) is 2. The van der Waals surface area contributed by atoms with Crippen LogP contribution < -0.4 is 10.1 Å². The molecule has 1 aromatic rings. The van der Waals surface area contributed by atoms with Crippen molar-refractivity contribution in [2.24, 2.45) is 0 Å². The third-order valence-corrected chi connectivity index (χ3v) is 4.17. The zero-order valence-electron chi connectivity index (χ0n) is 15.6. The number of benzene rings is 1.